The van der Waals surface area contributed by atoms with E-state index in [2.05, 4.69) is 10.6 Å². The summed E-state index contributed by atoms with van der Waals surface area (Å²) in [6.07, 6.45) is 3.13. The van der Waals surface area contributed by atoms with E-state index in [-0.39, 0.29) is 24.6 Å². The van der Waals surface area contributed by atoms with Crippen molar-refractivity contribution in [3.8, 4) is 0 Å². The molecule has 2 rings (SSSR count). The third-order valence-corrected chi connectivity index (χ3v) is 3.06. The number of hydrogen-bond donors (Lipinski definition) is 2. The van der Waals surface area contributed by atoms with Gasteiger partial charge >= 0.3 is 0 Å². The molecule has 0 spiro atoms. The fraction of sp³-hybridized carbons (Fsp3) is 0.111. The maximum atomic E-state index is 13.4. The molecule has 0 heterocycles. The lowest BCUT2D eigenvalue weighted by Crippen LogP contribution is -2.34. The third kappa shape index (κ3) is 5.39. The molecule has 0 saturated carbocycles. The van der Waals surface area contributed by atoms with Crippen molar-refractivity contribution >= 4 is 17.9 Å². The van der Waals surface area contributed by atoms with Gasteiger partial charge in [-0.3, -0.25) is 9.59 Å². The van der Waals surface area contributed by atoms with Crippen LogP contribution in [0.25, 0.3) is 6.08 Å². The minimum Gasteiger partial charge on any atom is -0.351 e. The van der Waals surface area contributed by atoms with E-state index in [1.165, 1.54) is 24.3 Å². The van der Waals surface area contributed by atoms with E-state index in [1.54, 1.807) is 12.1 Å². The first-order valence-electron chi connectivity index (χ1n) is 7.20. The van der Waals surface area contributed by atoms with Crippen LogP contribution in [0.15, 0.2) is 60.7 Å². The van der Waals surface area contributed by atoms with Crippen molar-refractivity contribution in [1.82, 2.24) is 10.6 Å². The summed E-state index contributed by atoms with van der Waals surface area (Å²) in [4.78, 5) is 23.4. The fourth-order valence-corrected chi connectivity index (χ4v) is 1.90. The molecule has 0 atom stereocenters. The Bertz CT molecular complexity index is 699. The molecule has 2 aromatic carbocycles. The van der Waals surface area contributed by atoms with Crippen LogP contribution in [-0.2, 0) is 4.79 Å². The predicted molar refractivity (Wildman–Crippen MR) is 87.2 cm³/mol. The summed E-state index contributed by atoms with van der Waals surface area (Å²) in [5, 5.41) is 5.19. The molecule has 118 valence electrons. The number of benzene rings is 2. The number of rotatable bonds is 6. The Balaban J connectivity index is 1.71. The second-order valence-electron chi connectivity index (χ2n) is 4.77. The third-order valence-electron chi connectivity index (χ3n) is 3.06. The number of amides is 2. The molecule has 0 aliphatic rings. The van der Waals surface area contributed by atoms with Gasteiger partial charge in [0, 0.05) is 19.2 Å². The lowest BCUT2D eigenvalue weighted by molar-refractivity contribution is -0.116. The average Bonchev–Trinajstić information content (AvgIpc) is 2.58. The van der Waals surface area contributed by atoms with Crippen LogP contribution >= 0.6 is 0 Å². The molecule has 0 bridgehead atoms. The van der Waals surface area contributed by atoms with Crippen molar-refractivity contribution in [1.29, 1.82) is 0 Å². The zero-order valence-electron chi connectivity index (χ0n) is 12.5. The second-order valence-corrected chi connectivity index (χ2v) is 4.77. The summed E-state index contributed by atoms with van der Waals surface area (Å²) < 4.78 is 13.4. The van der Waals surface area contributed by atoms with E-state index in [4.69, 9.17) is 0 Å². The molecule has 2 N–H and O–H groups in total. The highest BCUT2D eigenvalue weighted by molar-refractivity contribution is 5.94. The molecule has 0 radical (unpaired) electrons. The lowest BCUT2D eigenvalue weighted by atomic mass is 10.2. The number of nitrogens with one attached hydrogen (secondary N) is 2. The molecule has 0 aliphatic heterocycles. The van der Waals surface area contributed by atoms with Crippen LogP contribution in [0.1, 0.15) is 15.9 Å². The van der Waals surface area contributed by atoms with Gasteiger partial charge < -0.3 is 10.6 Å². The van der Waals surface area contributed by atoms with E-state index in [0.717, 1.165) is 5.56 Å². The first-order valence-corrected chi connectivity index (χ1v) is 7.20. The molecule has 2 amide bonds. The molecule has 0 saturated heterocycles. The van der Waals surface area contributed by atoms with Crippen LogP contribution in [0.4, 0.5) is 4.39 Å². The van der Waals surface area contributed by atoms with Gasteiger partial charge in [0.05, 0.1) is 5.56 Å². The Morgan fingerprint density at radius 3 is 2.30 bits per heavy atom. The van der Waals surface area contributed by atoms with Gasteiger partial charge in [-0.1, -0.05) is 42.5 Å². The van der Waals surface area contributed by atoms with E-state index >= 15 is 0 Å². The van der Waals surface area contributed by atoms with Crippen LogP contribution in [0.2, 0.25) is 0 Å². The van der Waals surface area contributed by atoms with Crippen molar-refractivity contribution in [3.63, 3.8) is 0 Å². The van der Waals surface area contributed by atoms with E-state index in [1.807, 2.05) is 30.3 Å². The van der Waals surface area contributed by atoms with E-state index in [0.29, 0.717) is 0 Å². The van der Waals surface area contributed by atoms with Crippen LogP contribution in [0.5, 0.6) is 0 Å². The summed E-state index contributed by atoms with van der Waals surface area (Å²) >= 11 is 0. The highest BCUT2D eigenvalue weighted by Crippen LogP contribution is 2.05. The zero-order chi connectivity index (χ0) is 16.5. The first kappa shape index (κ1) is 16.4. The molecule has 23 heavy (non-hydrogen) atoms. The predicted octanol–water partition coefficient (Wildman–Crippen LogP) is 2.39. The standard InChI is InChI=1S/C18H17FN2O2/c19-16-9-5-4-8-15(16)18(23)21-13-12-20-17(22)11-10-14-6-2-1-3-7-14/h1-11H,12-13H2,(H,20,22)(H,21,23)/b11-10+. The number of carbonyl (C=O) groups is 2. The molecule has 0 aliphatic carbocycles. The minimum absolute atomic E-state index is 0.0113. The van der Waals surface area contributed by atoms with Gasteiger partial charge in [-0.05, 0) is 23.8 Å². The molecular formula is C18H17FN2O2. The smallest absolute Gasteiger partial charge is 0.254 e. The van der Waals surface area contributed by atoms with Crippen molar-refractivity contribution in [2.75, 3.05) is 13.1 Å². The van der Waals surface area contributed by atoms with E-state index in [9.17, 15) is 14.0 Å². The normalized spacial score (nSPS) is 10.5. The van der Waals surface area contributed by atoms with E-state index < -0.39 is 11.7 Å². The van der Waals surface area contributed by atoms with Crippen molar-refractivity contribution in [2.24, 2.45) is 0 Å². The number of hydrogen-bond acceptors (Lipinski definition) is 2. The van der Waals surface area contributed by atoms with Crippen molar-refractivity contribution < 1.29 is 14.0 Å². The number of carbonyl (C=O) groups excluding carboxylic acids is 2. The van der Waals surface area contributed by atoms with Crippen molar-refractivity contribution in [3.05, 3.63) is 77.6 Å². The molecule has 0 unspecified atom stereocenters. The van der Waals surface area contributed by atoms with Gasteiger partial charge in [0.1, 0.15) is 5.82 Å². The summed E-state index contributed by atoms with van der Waals surface area (Å²) in [5.41, 5.74) is 0.915. The zero-order valence-corrected chi connectivity index (χ0v) is 12.5. The van der Waals surface area contributed by atoms with Gasteiger partial charge in [0.15, 0.2) is 0 Å². The molecule has 0 fully saturated rings. The summed E-state index contributed by atoms with van der Waals surface area (Å²) in [6.45, 7) is 0.482. The SMILES string of the molecule is O=C(/C=C/c1ccccc1)NCCNC(=O)c1ccccc1F. The summed E-state index contributed by atoms with van der Waals surface area (Å²) in [6, 6.07) is 15.2. The lowest BCUT2D eigenvalue weighted by Gasteiger charge is -2.06. The molecule has 2 aromatic rings. The Morgan fingerprint density at radius 2 is 1.57 bits per heavy atom. The van der Waals surface area contributed by atoms with Gasteiger partial charge in [-0.15, -0.1) is 0 Å². The molecule has 5 heteroatoms. The van der Waals surface area contributed by atoms with Crippen LogP contribution in [-0.4, -0.2) is 24.9 Å². The molecular weight excluding hydrogens is 295 g/mol. The van der Waals surface area contributed by atoms with Crippen LogP contribution < -0.4 is 10.6 Å². The van der Waals surface area contributed by atoms with Gasteiger partial charge in [-0.2, -0.15) is 0 Å². The topological polar surface area (TPSA) is 58.2 Å². The van der Waals surface area contributed by atoms with Gasteiger partial charge in [-0.25, -0.2) is 4.39 Å². The monoisotopic (exact) mass is 312 g/mol. The molecule has 4 nitrogen and oxygen atoms in total. The Kier molecular flexibility index (Phi) is 6.06. The highest BCUT2D eigenvalue weighted by Gasteiger charge is 2.09. The average molecular weight is 312 g/mol. The van der Waals surface area contributed by atoms with Crippen LogP contribution in [0.3, 0.4) is 0 Å². The maximum absolute atomic E-state index is 13.4. The maximum Gasteiger partial charge on any atom is 0.254 e. The Hall–Kier alpha value is -2.95. The Labute approximate surface area is 134 Å². The second kappa shape index (κ2) is 8.48. The summed E-state index contributed by atoms with van der Waals surface area (Å²) in [5.74, 6) is -1.33. The van der Waals surface area contributed by atoms with Crippen molar-refractivity contribution in [2.45, 2.75) is 0 Å². The quantitative estimate of drug-likeness (QED) is 0.635. The van der Waals surface area contributed by atoms with Gasteiger partial charge in [0.25, 0.3) is 5.91 Å². The highest BCUT2D eigenvalue weighted by atomic mass is 19.1. The van der Waals surface area contributed by atoms with Crippen LogP contribution in [0, 0.1) is 5.82 Å². The fourth-order valence-electron chi connectivity index (χ4n) is 1.90. The Morgan fingerprint density at radius 1 is 0.913 bits per heavy atom. The molecule has 0 aromatic heterocycles. The minimum atomic E-state index is -0.570. The first-order chi connectivity index (χ1) is 11.2. The van der Waals surface area contributed by atoms with Gasteiger partial charge in [0.2, 0.25) is 5.91 Å². The number of halogens is 1. The summed E-state index contributed by atoms with van der Waals surface area (Å²) in [7, 11) is 0. The largest absolute Gasteiger partial charge is 0.351 e.